The Morgan fingerprint density at radius 2 is 2.17 bits per heavy atom. The molecule has 0 saturated heterocycles. The molecule has 2 rings (SSSR count). The molecule has 0 aliphatic rings. The number of thioether (sulfide) groups is 1. The van der Waals surface area contributed by atoms with Crippen LogP contribution in [0.2, 0.25) is 0 Å². The van der Waals surface area contributed by atoms with Gasteiger partial charge in [0.2, 0.25) is 0 Å². The SMILES string of the molecule is Cc1ccc2c(CSCC(C)N)cc(=O)oc2c1. The second-order valence-electron chi connectivity index (χ2n) is 4.58. The van der Waals surface area contributed by atoms with E-state index in [0.29, 0.717) is 5.58 Å². The molecule has 1 aromatic heterocycles. The summed E-state index contributed by atoms with van der Waals surface area (Å²) in [5.74, 6) is 1.67. The maximum Gasteiger partial charge on any atom is 0.336 e. The summed E-state index contributed by atoms with van der Waals surface area (Å²) in [6.45, 7) is 3.96. The Morgan fingerprint density at radius 1 is 1.39 bits per heavy atom. The highest BCUT2D eigenvalue weighted by Gasteiger charge is 2.06. The third-order valence-corrected chi connectivity index (χ3v) is 3.90. The zero-order valence-electron chi connectivity index (χ0n) is 10.6. The number of nitrogens with two attached hydrogens (primary N) is 1. The van der Waals surface area contributed by atoms with Crippen molar-refractivity contribution in [1.29, 1.82) is 0 Å². The number of hydrogen-bond acceptors (Lipinski definition) is 4. The first-order valence-electron chi connectivity index (χ1n) is 5.93. The van der Waals surface area contributed by atoms with Gasteiger partial charge in [0, 0.05) is 29.0 Å². The van der Waals surface area contributed by atoms with Crippen molar-refractivity contribution in [3.8, 4) is 0 Å². The normalized spacial score (nSPS) is 12.8. The molecule has 0 fully saturated rings. The molecule has 3 nitrogen and oxygen atoms in total. The highest BCUT2D eigenvalue weighted by atomic mass is 32.2. The zero-order valence-corrected chi connectivity index (χ0v) is 11.4. The van der Waals surface area contributed by atoms with E-state index >= 15 is 0 Å². The summed E-state index contributed by atoms with van der Waals surface area (Å²) in [7, 11) is 0. The second-order valence-corrected chi connectivity index (χ2v) is 5.61. The Balaban J connectivity index is 2.34. The largest absolute Gasteiger partial charge is 0.423 e. The molecular weight excluding hydrogens is 246 g/mol. The van der Waals surface area contributed by atoms with Crippen molar-refractivity contribution >= 4 is 22.7 Å². The minimum atomic E-state index is -0.288. The number of aryl methyl sites for hydroxylation is 1. The van der Waals surface area contributed by atoms with E-state index in [1.165, 1.54) is 0 Å². The fourth-order valence-corrected chi connectivity index (χ4v) is 2.76. The second kappa shape index (κ2) is 5.59. The van der Waals surface area contributed by atoms with E-state index < -0.39 is 0 Å². The van der Waals surface area contributed by atoms with Gasteiger partial charge in [-0.3, -0.25) is 0 Å². The molecule has 2 aromatic rings. The summed E-state index contributed by atoms with van der Waals surface area (Å²) in [5.41, 5.74) is 8.21. The van der Waals surface area contributed by atoms with Crippen LogP contribution in [-0.2, 0) is 5.75 Å². The molecule has 0 bridgehead atoms. The maximum absolute atomic E-state index is 11.5. The lowest BCUT2D eigenvalue weighted by atomic mass is 10.1. The van der Waals surface area contributed by atoms with E-state index in [0.717, 1.165) is 28.0 Å². The Morgan fingerprint density at radius 3 is 2.89 bits per heavy atom. The van der Waals surface area contributed by atoms with Crippen LogP contribution in [-0.4, -0.2) is 11.8 Å². The molecule has 0 radical (unpaired) electrons. The van der Waals surface area contributed by atoms with Gasteiger partial charge in [-0.15, -0.1) is 0 Å². The van der Waals surface area contributed by atoms with Crippen LogP contribution in [0.25, 0.3) is 11.0 Å². The van der Waals surface area contributed by atoms with Crippen molar-refractivity contribution in [2.24, 2.45) is 5.73 Å². The molecule has 0 spiro atoms. The van der Waals surface area contributed by atoms with Gasteiger partial charge in [0.1, 0.15) is 5.58 Å². The van der Waals surface area contributed by atoms with Crippen LogP contribution in [0.15, 0.2) is 33.5 Å². The Hall–Kier alpha value is -1.26. The molecular formula is C14H17NO2S. The number of rotatable bonds is 4. The first-order valence-corrected chi connectivity index (χ1v) is 7.08. The quantitative estimate of drug-likeness (QED) is 0.862. The predicted octanol–water partition coefficient (Wildman–Crippen LogP) is 2.68. The van der Waals surface area contributed by atoms with Crippen molar-refractivity contribution < 1.29 is 4.42 Å². The van der Waals surface area contributed by atoms with Crippen molar-refractivity contribution in [2.45, 2.75) is 25.6 Å². The summed E-state index contributed by atoms with van der Waals surface area (Å²) >= 11 is 1.74. The minimum absolute atomic E-state index is 0.170. The van der Waals surface area contributed by atoms with Crippen molar-refractivity contribution in [3.05, 3.63) is 45.8 Å². The summed E-state index contributed by atoms with van der Waals surface area (Å²) in [6, 6.07) is 7.68. The van der Waals surface area contributed by atoms with Gasteiger partial charge in [0.05, 0.1) is 0 Å². The zero-order chi connectivity index (χ0) is 13.1. The van der Waals surface area contributed by atoms with E-state index in [-0.39, 0.29) is 11.7 Å². The van der Waals surface area contributed by atoms with Gasteiger partial charge in [-0.2, -0.15) is 11.8 Å². The van der Waals surface area contributed by atoms with E-state index in [2.05, 4.69) is 0 Å². The first kappa shape index (κ1) is 13.2. The molecule has 0 saturated carbocycles. The summed E-state index contributed by atoms with van der Waals surface area (Å²) in [6.07, 6.45) is 0. The first-order chi connectivity index (χ1) is 8.56. The third-order valence-electron chi connectivity index (χ3n) is 2.62. The van der Waals surface area contributed by atoms with Gasteiger partial charge in [-0.25, -0.2) is 4.79 Å². The number of benzene rings is 1. The van der Waals surface area contributed by atoms with Gasteiger partial charge >= 0.3 is 5.63 Å². The lowest BCUT2D eigenvalue weighted by molar-refractivity contribution is 0.559. The van der Waals surface area contributed by atoms with Gasteiger partial charge in [-0.05, 0) is 31.0 Å². The van der Waals surface area contributed by atoms with Crippen LogP contribution in [0.3, 0.4) is 0 Å². The van der Waals surface area contributed by atoms with Crippen molar-refractivity contribution in [2.75, 3.05) is 5.75 Å². The van der Waals surface area contributed by atoms with Crippen LogP contribution in [0.4, 0.5) is 0 Å². The van der Waals surface area contributed by atoms with E-state index in [1.807, 2.05) is 32.0 Å². The number of hydrogen-bond donors (Lipinski definition) is 1. The van der Waals surface area contributed by atoms with Crippen LogP contribution < -0.4 is 11.4 Å². The maximum atomic E-state index is 11.5. The van der Waals surface area contributed by atoms with E-state index in [4.69, 9.17) is 10.2 Å². The van der Waals surface area contributed by atoms with Crippen LogP contribution in [0, 0.1) is 6.92 Å². The van der Waals surface area contributed by atoms with Crippen LogP contribution >= 0.6 is 11.8 Å². The van der Waals surface area contributed by atoms with Crippen molar-refractivity contribution in [3.63, 3.8) is 0 Å². The van der Waals surface area contributed by atoms with Gasteiger partial charge in [0.15, 0.2) is 0 Å². The molecule has 18 heavy (non-hydrogen) atoms. The monoisotopic (exact) mass is 263 g/mol. The van der Waals surface area contributed by atoms with Gasteiger partial charge in [-0.1, -0.05) is 12.1 Å². The molecule has 1 atom stereocenters. The third kappa shape index (κ3) is 3.15. The van der Waals surface area contributed by atoms with Crippen LogP contribution in [0.5, 0.6) is 0 Å². The fraction of sp³-hybridized carbons (Fsp3) is 0.357. The average molecular weight is 263 g/mol. The smallest absolute Gasteiger partial charge is 0.336 e. The van der Waals surface area contributed by atoms with Gasteiger partial charge in [0.25, 0.3) is 0 Å². The molecule has 1 unspecified atom stereocenters. The Labute approximate surface area is 110 Å². The predicted molar refractivity (Wildman–Crippen MR) is 77.0 cm³/mol. The molecule has 0 amide bonds. The van der Waals surface area contributed by atoms with Crippen molar-refractivity contribution in [1.82, 2.24) is 0 Å². The lowest BCUT2D eigenvalue weighted by Crippen LogP contribution is -2.17. The molecule has 96 valence electrons. The highest BCUT2D eigenvalue weighted by Crippen LogP contribution is 2.22. The molecule has 2 N–H and O–H groups in total. The Bertz CT molecular complexity index is 604. The van der Waals surface area contributed by atoms with Crippen LogP contribution in [0.1, 0.15) is 18.1 Å². The highest BCUT2D eigenvalue weighted by molar-refractivity contribution is 7.98. The molecule has 1 heterocycles. The topological polar surface area (TPSA) is 56.2 Å². The average Bonchev–Trinajstić information content (AvgIpc) is 2.27. The van der Waals surface area contributed by atoms with E-state index in [9.17, 15) is 4.79 Å². The lowest BCUT2D eigenvalue weighted by Gasteiger charge is -2.07. The van der Waals surface area contributed by atoms with E-state index in [1.54, 1.807) is 17.8 Å². The summed E-state index contributed by atoms with van der Waals surface area (Å²) in [4.78, 5) is 11.5. The molecule has 0 aliphatic heterocycles. The molecule has 0 aliphatic carbocycles. The fourth-order valence-electron chi connectivity index (χ4n) is 1.81. The summed E-state index contributed by atoms with van der Waals surface area (Å²) < 4.78 is 5.22. The molecule has 4 heteroatoms. The van der Waals surface area contributed by atoms with Gasteiger partial charge < -0.3 is 10.2 Å². The summed E-state index contributed by atoms with van der Waals surface area (Å²) in [5, 5.41) is 1.01. The molecule has 1 aromatic carbocycles. The number of fused-ring (bicyclic) bond motifs is 1. The standard InChI is InChI=1S/C14H17NO2S/c1-9-3-4-12-11(8-18-7-10(2)15)6-14(16)17-13(12)5-9/h3-6,10H,7-8,15H2,1-2H3. The Kier molecular flexibility index (Phi) is 4.09. The minimum Gasteiger partial charge on any atom is -0.423 e.